The number of carbonyl (C=O) groups excluding carboxylic acids is 1. The van der Waals surface area contributed by atoms with Gasteiger partial charge in [0.2, 0.25) is 10.0 Å². The second kappa shape index (κ2) is 7.17. The zero-order valence-corrected chi connectivity index (χ0v) is 17.2. The molecule has 0 aliphatic carbocycles. The van der Waals surface area contributed by atoms with Crippen molar-refractivity contribution in [2.24, 2.45) is 7.05 Å². The molecular formula is C18H25N3O3S2. The third kappa shape index (κ3) is 3.10. The SMILES string of the molecule is CCN(CC)S(=O)(=O)c1cc(C(=O)N2CCc3sccc3C2C)n(C)c1. The average molecular weight is 396 g/mol. The number of carbonyl (C=O) groups is 1. The van der Waals surface area contributed by atoms with Gasteiger partial charge in [0.1, 0.15) is 10.6 Å². The van der Waals surface area contributed by atoms with Crippen molar-refractivity contribution >= 4 is 27.3 Å². The number of aryl methyl sites for hydroxylation is 1. The maximum atomic E-state index is 13.1. The Morgan fingerprint density at radius 3 is 2.69 bits per heavy atom. The van der Waals surface area contributed by atoms with Gasteiger partial charge in [-0.1, -0.05) is 13.8 Å². The van der Waals surface area contributed by atoms with E-state index in [1.807, 2.05) is 25.7 Å². The molecule has 1 unspecified atom stereocenters. The molecule has 0 radical (unpaired) electrons. The Hall–Kier alpha value is -1.64. The molecule has 1 aliphatic heterocycles. The summed E-state index contributed by atoms with van der Waals surface area (Å²) in [6.45, 7) is 7.10. The molecule has 0 saturated carbocycles. The normalized spacial score (nSPS) is 17.6. The average Bonchev–Trinajstić information content (AvgIpc) is 3.22. The standard InChI is InChI=1S/C18H25N3O3S2/c1-5-20(6-2)26(23,24)14-11-16(19(4)12-14)18(22)21-9-7-17-15(13(21)3)8-10-25-17/h8,10-13H,5-7,9H2,1-4H3. The van der Waals surface area contributed by atoms with E-state index in [0.29, 0.717) is 25.3 Å². The molecule has 1 amide bonds. The Labute approximate surface area is 159 Å². The number of amides is 1. The first-order valence-electron chi connectivity index (χ1n) is 8.85. The predicted molar refractivity (Wildman–Crippen MR) is 103 cm³/mol. The van der Waals surface area contributed by atoms with Gasteiger partial charge in [-0.2, -0.15) is 4.31 Å². The van der Waals surface area contributed by atoms with Gasteiger partial charge in [0.25, 0.3) is 5.91 Å². The van der Waals surface area contributed by atoms with Gasteiger partial charge >= 0.3 is 0 Å². The summed E-state index contributed by atoms with van der Waals surface area (Å²) in [6.07, 6.45) is 2.38. The Morgan fingerprint density at radius 2 is 2.04 bits per heavy atom. The molecule has 0 saturated heterocycles. The first-order valence-corrected chi connectivity index (χ1v) is 11.2. The van der Waals surface area contributed by atoms with Crippen LogP contribution in [-0.2, 0) is 23.5 Å². The minimum atomic E-state index is -3.58. The van der Waals surface area contributed by atoms with Gasteiger partial charge < -0.3 is 9.47 Å². The van der Waals surface area contributed by atoms with Crippen molar-refractivity contribution in [3.63, 3.8) is 0 Å². The van der Waals surface area contributed by atoms with Gasteiger partial charge in [0.15, 0.2) is 0 Å². The Bertz CT molecular complexity index is 910. The molecule has 0 N–H and O–H groups in total. The van der Waals surface area contributed by atoms with Crippen LogP contribution < -0.4 is 0 Å². The van der Waals surface area contributed by atoms with E-state index in [0.717, 1.165) is 6.42 Å². The van der Waals surface area contributed by atoms with Crippen LogP contribution in [0.4, 0.5) is 0 Å². The molecule has 0 aromatic carbocycles. The van der Waals surface area contributed by atoms with Crippen LogP contribution in [0, 0.1) is 0 Å². The van der Waals surface area contributed by atoms with Gasteiger partial charge in [0.05, 0.1) is 6.04 Å². The maximum Gasteiger partial charge on any atom is 0.271 e. The molecule has 2 aromatic rings. The molecule has 6 nitrogen and oxygen atoms in total. The van der Waals surface area contributed by atoms with E-state index in [2.05, 4.69) is 11.4 Å². The predicted octanol–water partition coefficient (Wildman–Crippen LogP) is 2.88. The topological polar surface area (TPSA) is 62.6 Å². The molecule has 0 bridgehead atoms. The fraction of sp³-hybridized carbons (Fsp3) is 0.500. The van der Waals surface area contributed by atoms with Gasteiger partial charge in [-0.05, 0) is 36.4 Å². The van der Waals surface area contributed by atoms with Crippen molar-refractivity contribution in [1.29, 1.82) is 0 Å². The van der Waals surface area contributed by atoms with Gasteiger partial charge in [-0.25, -0.2) is 8.42 Å². The molecule has 142 valence electrons. The van der Waals surface area contributed by atoms with E-state index in [9.17, 15) is 13.2 Å². The van der Waals surface area contributed by atoms with Crippen molar-refractivity contribution in [3.05, 3.63) is 39.8 Å². The summed E-state index contributed by atoms with van der Waals surface area (Å²) in [5.41, 5.74) is 1.60. The Balaban J connectivity index is 1.91. The molecule has 26 heavy (non-hydrogen) atoms. The highest BCUT2D eigenvalue weighted by atomic mass is 32.2. The number of sulfonamides is 1. The fourth-order valence-electron chi connectivity index (χ4n) is 3.53. The summed E-state index contributed by atoms with van der Waals surface area (Å²) in [6, 6.07) is 3.58. The third-order valence-corrected chi connectivity index (χ3v) is 8.09. The van der Waals surface area contributed by atoms with E-state index < -0.39 is 10.0 Å². The highest BCUT2D eigenvalue weighted by molar-refractivity contribution is 7.89. The van der Waals surface area contributed by atoms with Crippen molar-refractivity contribution in [3.8, 4) is 0 Å². The third-order valence-electron chi connectivity index (χ3n) is 5.08. The van der Waals surface area contributed by atoms with Crippen molar-refractivity contribution in [1.82, 2.24) is 13.8 Å². The number of hydrogen-bond acceptors (Lipinski definition) is 4. The Kier molecular flexibility index (Phi) is 5.28. The van der Waals surface area contributed by atoms with Crippen LogP contribution in [0.1, 0.15) is 47.7 Å². The second-order valence-corrected chi connectivity index (χ2v) is 9.42. The van der Waals surface area contributed by atoms with Crippen molar-refractivity contribution < 1.29 is 13.2 Å². The van der Waals surface area contributed by atoms with Gasteiger partial charge in [-0.3, -0.25) is 4.79 Å². The number of fused-ring (bicyclic) bond motifs is 1. The lowest BCUT2D eigenvalue weighted by atomic mass is 10.0. The van der Waals surface area contributed by atoms with Crippen LogP contribution in [0.3, 0.4) is 0 Å². The van der Waals surface area contributed by atoms with Crippen molar-refractivity contribution in [2.75, 3.05) is 19.6 Å². The van der Waals surface area contributed by atoms with E-state index in [-0.39, 0.29) is 16.8 Å². The maximum absolute atomic E-state index is 13.1. The number of rotatable bonds is 5. The summed E-state index contributed by atoms with van der Waals surface area (Å²) in [5.74, 6) is -0.127. The molecule has 3 heterocycles. The Morgan fingerprint density at radius 1 is 1.35 bits per heavy atom. The molecule has 1 atom stereocenters. The molecular weight excluding hydrogens is 370 g/mol. The van der Waals surface area contributed by atoms with Gasteiger partial charge in [-0.15, -0.1) is 11.3 Å². The highest BCUT2D eigenvalue weighted by Gasteiger charge is 2.32. The molecule has 0 fully saturated rings. The fourth-order valence-corrected chi connectivity index (χ4v) is 6.03. The van der Waals surface area contributed by atoms with Crippen LogP contribution in [0.25, 0.3) is 0 Å². The highest BCUT2D eigenvalue weighted by Crippen LogP contribution is 2.34. The number of aromatic nitrogens is 1. The number of nitrogens with zero attached hydrogens (tertiary/aromatic N) is 3. The van der Waals surface area contributed by atoms with E-state index in [1.54, 1.807) is 23.0 Å². The first kappa shape index (κ1) is 19.1. The van der Waals surface area contributed by atoms with E-state index in [1.165, 1.54) is 27.0 Å². The summed E-state index contributed by atoms with van der Waals surface area (Å²) >= 11 is 1.73. The summed E-state index contributed by atoms with van der Waals surface area (Å²) in [4.78, 5) is 16.4. The minimum absolute atomic E-state index is 0.00441. The molecule has 2 aromatic heterocycles. The zero-order chi connectivity index (χ0) is 19.1. The monoisotopic (exact) mass is 395 g/mol. The first-order chi connectivity index (χ1) is 12.3. The molecule has 3 rings (SSSR count). The van der Waals surface area contributed by atoms with Crippen molar-refractivity contribution in [2.45, 2.75) is 38.1 Å². The lowest BCUT2D eigenvalue weighted by molar-refractivity contribution is 0.0669. The lowest BCUT2D eigenvalue weighted by Crippen LogP contribution is -2.39. The summed E-state index contributed by atoms with van der Waals surface area (Å²) in [5, 5.41) is 2.06. The van der Waals surface area contributed by atoms with Crippen LogP contribution in [-0.4, -0.2) is 47.7 Å². The van der Waals surface area contributed by atoms with Crippen LogP contribution in [0.5, 0.6) is 0 Å². The van der Waals surface area contributed by atoms with Crippen LogP contribution in [0.2, 0.25) is 0 Å². The van der Waals surface area contributed by atoms with Gasteiger partial charge in [0, 0.05) is 37.8 Å². The quantitative estimate of drug-likeness (QED) is 0.782. The largest absolute Gasteiger partial charge is 0.345 e. The van der Waals surface area contributed by atoms with E-state index in [4.69, 9.17) is 0 Å². The lowest BCUT2D eigenvalue weighted by Gasteiger charge is -2.33. The molecule has 0 spiro atoms. The number of hydrogen-bond donors (Lipinski definition) is 0. The summed E-state index contributed by atoms with van der Waals surface area (Å²) < 4.78 is 28.5. The molecule has 8 heteroatoms. The molecule has 1 aliphatic rings. The second-order valence-electron chi connectivity index (χ2n) is 6.48. The van der Waals surface area contributed by atoms with E-state index >= 15 is 0 Å². The number of thiophene rings is 1. The smallest absolute Gasteiger partial charge is 0.271 e. The zero-order valence-electron chi connectivity index (χ0n) is 15.6. The van der Waals surface area contributed by atoms with Crippen LogP contribution in [0.15, 0.2) is 28.6 Å². The minimum Gasteiger partial charge on any atom is -0.345 e. The summed E-state index contributed by atoms with van der Waals surface area (Å²) in [7, 11) is -1.86. The van der Waals surface area contributed by atoms with Crippen LogP contribution >= 0.6 is 11.3 Å².